The van der Waals surface area contributed by atoms with Crippen LogP contribution in [0.2, 0.25) is 0 Å². The SMILES string of the molecule is Cc1cc(NC(=O)c2ccco2)sc1C(=O)NCCCN1CCCC1=O. The average Bonchev–Trinajstić information content (AvgIpc) is 3.33. The topological polar surface area (TPSA) is 91.7 Å². The molecule has 0 radical (unpaired) electrons. The van der Waals surface area contributed by atoms with Crippen molar-refractivity contribution in [1.82, 2.24) is 10.2 Å². The fourth-order valence-corrected chi connectivity index (χ4v) is 3.83. The molecule has 8 heteroatoms. The van der Waals surface area contributed by atoms with Gasteiger partial charge in [-0.2, -0.15) is 0 Å². The second-order valence-corrected chi connectivity index (χ2v) is 7.20. The lowest BCUT2D eigenvalue weighted by Crippen LogP contribution is -2.30. The van der Waals surface area contributed by atoms with E-state index in [1.807, 2.05) is 11.8 Å². The van der Waals surface area contributed by atoms with Gasteiger partial charge in [0.05, 0.1) is 16.1 Å². The number of hydrogen-bond acceptors (Lipinski definition) is 5. The summed E-state index contributed by atoms with van der Waals surface area (Å²) in [6, 6.07) is 4.99. The zero-order valence-electron chi connectivity index (χ0n) is 14.5. The highest BCUT2D eigenvalue weighted by molar-refractivity contribution is 7.18. The molecule has 0 unspecified atom stereocenters. The summed E-state index contributed by atoms with van der Waals surface area (Å²) in [5.74, 6) is -0.0990. The van der Waals surface area contributed by atoms with Crippen LogP contribution in [0.15, 0.2) is 28.9 Å². The fourth-order valence-electron chi connectivity index (χ4n) is 2.84. The van der Waals surface area contributed by atoms with E-state index in [0.29, 0.717) is 29.4 Å². The third-order valence-electron chi connectivity index (χ3n) is 4.17. The van der Waals surface area contributed by atoms with Crippen LogP contribution in [0.1, 0.15) is 45.1 Å². The lowest BCUT2D eigenvalue weighted by Gasteiger charge is -2.15. The molecule has 0 atom stereocenters. The summed E-state index contributed by atoms with van der Waals surface area (Å²) in [7, 11) is 0. The first kappa shape index (κ1) is 18.2. The highest BCUT2D eigenvalue weighted by atomic mass is 32.1. The molecule has 3 amide bonds. The number of anilines is 1. The van der Waals surface area contributed by atoms with Gasteiger partial charge in [0, 0.05) is 26.1 Å². The van der Waals surface area contributed by atoms with Gasteiger partial charge in [-0.05, 0) is 43.5 Å². The molecule has 3 heterocycles. The standard InChI is InChI=1S/C18H21N3O4S/c1-12-11-14(20-17(23)13-5-3-10-25-13)26-16(12)18(24)19-7-4-9-21-8-2-6-15(21)22/h3,5,10-11H,2,4,6-9H2,1H3,(H,19,24)(H,20,23). The van der Waals surface area contributed by atoms with E-state index in [1.54, 1.807) is 18.2 Å². The summed E-state index contributed by atoms with van der Waals surface area (Å²) >= 11 is 1.23. The van der Waals surface area contributed by atoms with E-state index in [2.05, 4.69) is 10.6 Å². The van der Waals surface area contributed by atoms with Crippen LogP contribution < -0.4 is 10.6 Å². The minimum absolute atomic E-state index is 0.168. The van der Waals surface area contributed by atoms with Crippen LogP contribution in [0.25, 0.3) is 0 Å². The molecule has 2 N–H and O–H groups in total. The predicted molar refractivity (Wildman–Crippen MR) is 98.5 cm³/mol. The zero-order chi connectivity index (χ0) is 18.5. The number of thiophene rings is 1. The molecule has 1 aliphatic heterocycles. The predicted octanol–water partition coefficient (Wildman–Crippen LogP) is 2.64. The molecule has 138 valence electrons. The monoisotopic (exact) mass is 375 g/mol. The highest BCUT2D eigenvalue weighted by Crippen LogP contribution is 2.27. The number of furan rings is 1. The van der Waals surface area contributed by atoms with Gasteiger partial charge < -0.3 is 20.0 Å². The number of rotatable bonds is 7. The zero-order valence-corrected chi connectivity index (χ0v) is 15.4. The van der Waals surface area contributed by atoms with E-state index in [4.69, 9.17) is 4.42 Å². The Morgan fingerprint density at radius 3 is 2.88 bits per heavy atom. The van der Waals surface area contributed by atoms with Crippen molar-refractivity contribution >= 4 is 34.1 Å². The molecule has 1 aliphatic rings. The number of carbonyl (C=O) groups excluding carboxylic acids is 3. The van der Waals surface area contributed by atoms with Gasteiger partial charge in [0.25, 0.3) is 11.8 Å². The molecule has 2 aromatic heterocycles. The van der Waals surface area contributed by atoms with Crippen molar-refractivity contribution in [2.75, 3.05) is 25.0 Å². The van der Waals surface area contributed by atoms with Crippen molar-refractivity contribution in [3.05, 3.63) is 40.7 Å². The molecule has 0 aromatic carbocycles. The number of hydrogen-bond donors (Lipinski definition) is 2. The van der Waals surface area contributed by atoms with E-state index in [0.717, 1.165) is 24.9 Å². The summed E-state index contributed by atoms with van der Waals surface area (Å²) in [4.78, 5) is 38.3. The number of aryl methyl sites for hydroxylation is 1. The van der Waals surface area contributed by atoms with Crippen molar-refractivity contribution in [2.45, 2.75) is 26.2 Å². The Morgan fingerprint density at radius 1 is 1.35 bits per heavy atom. The Balaban J connectivity index is 1.49. The number of amides is 3. The second-order valence-electron chi connectivity index (χ2n) is 6.15. The van der Waals surface area contributed by atoms with Gasteiger partial charge in [0.1, 0.15) is 0 Å². The number of carbonyl (C=O) groups is 3. The maximum Gasteiger partial charge on any atom is 0.291 e. The largest absolute Gasteiger partial charge is 0.459 e. The van der Waals surface area contributed by atoms with Gasteiger partial charge in [0.15, 0.2) is 5.76 Å². The molecule has 0 spiro atoms. The van der Waals surface area contributed by atoms with Crippen LogP contribution in [0.3, 0.4) is 0 Å². The smallest absolute Gasteiger partial charge is 0.291 e. The van der Waals surface area contributed by atoms with E-state index >= 15 is 0 Å². The summed E-state index contributed by atoms with van der Waals surface area (Å²) in [5.41, 5.74) is 0.803. The quantitative estimate of drug-likeness (QED) is 0.728. The van der Waals surface area contributed by atoms with Crippen LogP contribution in [-0.2, 0) is 4.79 Å². The van der Waals surface area contributed by atoms with Gasteiger partial charge in [-0.15, -0.1) is 11.3 Å². The van der Waals surface area contributed by atoms with Gasteiger partial charge in [-0.3, -0.25) is 14.4 Å². The second kappa shape index (κ2) is 8.18. The van der Waals surface area contributed by atoms with E-state index in [9.17, 15) is 14.4 Å². The van der Waals surface area contributed by atoms with Crippen LogP contribution in [0, 0.1) is 6.92 Å². The average molecular weight is 375 g/mol. The van der Waals surface area contributed by atoms with E-state index in [1.165, 1.54) is 17.6 Å². The molecule has 0 saturated carbocycles. The third kappa shape index (κ3) is 4.32. The van der Waals surface area contributed by atoms with Crippen molar-refractivity contribution in [3.63, 3.8) is 0 Å². The Hall–Kier alpha value is -2.61. The molecule has 3 rings (SSSR count). The minimum Gasteiger partial charge on any atom is -0.459 e. The lowest BCUT2D eigenvalue weighted by molar-refractivity contribution is -0.127. The van der Waals surface area contributed by atoms with Crippen LogP contribution >= 0.6 is 11.3 Å². The van der Waals surface area contributed by atoms with Crippen molar-refractivity contribution in [2.24, 2.45) is 0 Å². The molecule has 1 fully saturated rings. The van der Waals surface area contributed by atoms with Crippen molar-refractivity contribution in [1.29, 1.82) is 0 Å². The number of nitrogens with zero attached hydrogens (tertiary/aromatic N) is 1. The lowest BCUT2D eigenvalue weighted by atomic mass is 10.2. The molecule has 0 aliphatic carbocycles. The first-order chi connectivity index (χ1) is 12.5. The third-order valence-corrected chi connectivity index (χ3v) is 5.32. The molecular weight excluding hydrogens is 354 g/mol. The molecule has 1 saturated heterocycles. The van der Waals surface area contributed by atoms with Crippen LogP contribution in [-0.4, -0.2) is 42.3 Å². The van der Waals surface area contributed by atoms with E-state index < -0.39 is 0 Å². The van der Waals surface area contributed by atoms with Gasteiger partial charge >= 0.3 is 0 Å². The fraction of sp³-hybridized carbons (Fsp3) is 0.389. The van der Waals surface area contributed by atoms with Gasteiger partial charge in [-0.1, -0.05) is 0 Å². The maximum absolute atomic E-state index is 12.3. The Bertz CT molecular complexity index is 797. The van der Waals surface area contributed by atoms with Crippen molar-refractivity contribution < 1.29 is 18.8 Å². The minimum atomic E-state index is -0.349. The Morgan fingerprint density at radius 2 is 2.19 bits per heavy atom. The first-order valence-electron chi connectivity index (χ1n) is 8.56. The first-order valence-corrected chi connectivity index (χ1v) is 9.37. The number of nitrogens with one attached hydrogen (secondary N) is 2. The summed E-state index contributed by atoms with van der Waals surface area (Å²) in [5, 5.41) is 6.20. The summed E-state index contributed by atoms with van der Waals surface area (Å²) in [6.07, 6.45) is 3.71. The maximum atomic E-state index is 12.3. The summed E-state index contributed by atoms with van der Waals surface area (Å²) < 4.78 is 5.05. The van der Waals surface area contributed by atoms with E-state index in [-0.39, 0.29) is 23.5 Å². The van der Waals surface area contributed by atoms with Gasteiger partial charge in [-0.25, -0.2) is 0 Å². The molecule has 2 aromatic rings. The van der Waals surface area contributed by atoms with Crippen LogP contribution in [0.4, 0.5) is 5.00 Å². The summed E-state index contributed by atoms with van der Waals surface area (Å²) in [6.45, 7) is 3.83. The molecule has 0 bridgehead atoms. The molecule has 26 heavy (non-hydrogen) atoms. The normalized spacial score (nSPS) is 13.9. The number of likely N-dealkylation sites (tertiary alicyclic amines) is 1. The molecule has 7 nitrogen and oxygen atoms in total. The van der Waals surface area contributed by atoms with Crippen molar-refractivity contribution in [3.8, 4) is 0 Å². The van der Waals surface area contributed by atoms with Crippen LogP contribution in [0.5, 0.6) is 0 Å². The van der Waals surface area contributed by atoms with Gasteiger partial charge in [0.2, 0.25) is 5.91 Å². The highest BCUT2D eigenvalue weighted by Gasteiger charge is 2.20. The Labute approximate surface area is 155 Å². The Kier molecular flexibility index (Phi) is 5.72. The molecular formula is C18H21N3O4S.